The van der Waals surface area contributed by atoms with Gasteiger partial charge in [-0.3, -0.25) is 9.59 Å². The summed E-state index contributed by atoms with van der Waals surface area (Å²) in [7, 11) is 0. The molecule has 1 atom stereocenters. The number of likely N-dealkylation sites (tertiary alicyclic amines) is 1. The molecule has 30 heavy (non-hydrogen) atoms. The number of hydrogen-bond donors (Lipinski definition) is 1. The highest BCUT2D eigenvalue weighted by molar-refractivity contribution is 5.96. The molecule has 11 heteroatoms. The van der Waals surface area contributed by atoms with Crippen LogP contribution < -0.4 is 5.32 Å². The van der Waals surface area contributed by atoms with Crippen LogP contribution in [0.5, 0.6) is 0 Å². The Morgan fingerprint density at radius 3 is 2.50 bits per heavy atom. The Hall–Kier alpha value is -3.29. The maximum atomic E-state index is 12.3. The zero-order valence-electron chi connectivity index (χ0n) is 16.1. The Morgan fingerprint density at radius 2 is 1.90 bits per heavy atom. The second-order valence-corrected chi connectivity index (χ2v) is 6.66. The molecule has 0 aromatic heterocycles. The molecule has 1 N–H and O–H groups in total. The van der Waals surface area contributed by atoms with Crippen LogP contribution in [0.3, 0.4) is 0 Å². The highest BCUT2D eigenvalue weighted by atomic mass is 19.4. The molecule has 1 aromatic carbocycles. The molecule has 1 fully saturated rings. The molecule has 2 amide bonds. The summed E-state index contributed by atoms with van der Waals surface area (Å²) in [6.07, 6.45) is -6.48. The van der Waals surface area contributed by atoms with Gasteiger partial charge in [-0.1, -0.05) is 12.1 Å². The van der Waals surface area contributed by atoms with E-state index in [9.17, 15) is 27.6 Å². The molecule has 1 aromatic rings. The van der Waals surface area contributed by atoms with Crippen molar-refractivity contribution in [2.75, 3.05) is 25.0 Å². The van der Waals surface area contributed by atoms with Gasteiger partial charge in [0.25, 0.3) is 5.91 Å². The lowest BCUT2D eigenvalue weighted by Crippen LogP contribution is -2.42. The number of rotatable bonds is 5. The van der Waals surface area contributed by atoms with E-state index in [1.54, 1.807) is 18.2 Å². The monoisotopic (exact) mass is 427 g/mol. The molecule has 1 heterocycles. The van der Waals surface area contributed by atoms with Gasteiger partial charge in [0.1, 0.15) is 6.07 Å². The lowest BCUT2D eigenvalue weighted by molar-refractivity contribution is -0.163. The highest BCUT2D eigenvalue weighted by Gasteiger charge is 2.34. The van der Waals surface area contributed by atoms with Crippen LogP contribution in [0.2, 0.25) is 0 Å². The first-order chi connectivity index (χ1) is 14.1. The van der Waals surface area contributed by atoms with Crippen LogP contribution in [-0.4, -0.2) is 54.8 Å². The fraction of sp³-hybridized carbons (Fsp3) is 0.474. The molecule has 0 radical (unpaired) electrons. The number of nitrogens with zero attached hydrogens (tertiary/aromatic N) is 2. The van der Waals surface area contributed by atoms with Crippen molar-refractivity contribution in [3.8, 4) is 6.07 Å². The molecule has 1 aliphatic rings. The number of ether oxygens (including phenoxy) is 2. The van der Waals surface area contributed by atoms with Gasteiger partial charge < -0.3 is 19.7 Å². The van der Waals surface area contributed by atoms with E-state index in [1.807, 2.05) is 6.07 Å². The summed E-state index contributed by atoms with van der Waals surface area (Å²) in [5, 5.41) is 11.6. The van der Waals surface area contributed by atoms with E-state index >= 15 is 0 Å². The van der Waals surface area contributed by atoms with E-state index in [0.717, 1.165) is 4.90 Å². The minimum atomic E-state index is -4.61. The minimum absolute atomic E-state index is 0.0343. The van der Waals surface area contributed by atoms with Crippen LogP contribution in [0.1, 0.15) is 25.3 Å². The third-order valence-electron chi connectivity index (χ3n) is 4.41. The lowest BCUT2D eigenvalue weighted by atomic mass is 9.97. The lowest BCUT2D eigenvalue weighted by Gasteiger charge is -2.30. The van der Waals surface area contributed by atoms with E-state index in [-0.39, 0.29) is 31.5 Å². The van der Waals surface area contributed by atoms with Gasteiger partial charge in [-0.05, 0) is 31.9 Å². The fourth-order valence-electron chi connectivity index (χ4n) is 2.78. The maximum Gasteiger partial charge on any atom is 0.422 e. The average molecular weight is 427 g/mol. The Kier molecular flexibility index (Phi) is 7.63. The number of carbonyl (C=O) groups is 3. The second-order valence-electron chi connectivity index (χ2n) is 6.66. The van der Waals surface area contributed by atoms with E-state index in [1.165, 1.54) is 13.0 Å². The van der Waals surface area contributed by atoms with Gasteiger partial charge in [0.15, 0.2) is 12.7 Å². The Morgan fingerprint density at radius 1 is 1.27 bits per heavy atom. The van der Waals surface area contributed by atoms with Gasteiger partial charge in [0.2, 0.25) is 0 Å². The standard InChI is InChI=1S/C19H20F3N3O5/c1-12(16(26)24-15-5-3-2-4-14(15)10-23)30-17(27)13-6-8-25(9-7-13)18(28)29-11-19(20,21)22/h2-5,12-13H,6-9,11H2,1H3,(H,24,26). The normalized spacial score (nSPS) is 15.6. The van der Waals surface area contributed by atoms with Crippen molar-refractivity contribution in [3.63, 3.8) is 0 Å². The number of esters is 1. The van der Waals surface area contributed by atoms with Crippen molar-refractivity contribution in [1.82, 2.24) is 4.90 Å². The van der Waals surface area contributed by atoms with Crippen LogP contribution in [0.15, 0.2) is 24.3 Å². The number of nitrogens with one attached hydrogen (secondary N) is 1. The molecule has 0 saturated carbocycles. The van der Waals surface area contributed by atoms with Crippen LogP contribution in [0.4, 0.5) is 23.7 Å². The fourth-order valence-corrected chi connectivity index (χ4v) is 2.78. The summed E-state index contributed by atoms with van der Waals surface area (Å²) in [6, 6.07) is 8.28. The molecule has 0 aliphatic carbocycles. The van der Waals surface area contributed by atoms with Gasteiger partial charge in [-0.25, -0.2) is 4.79 Å². The molecule has 2 rings (SSSR count). The Bertz CT molecular complexity index is 829. The summed E-state index contributed by atoms with van der Waals surface area (Å²) in [6.45, 7) is -0.222. The van der Waals surface area contributed by atoms with Crippen LogP contribution in [0.25, 0.3) is 0 Å². The van der Waals surface area contributed by atoms with E-state index in [4.69, 9.17) is 10.00 Å². The van der Waals surface area contributed by atoms with Gasteiger partial charge in [-0.15, -0.1) is 0 Å². The molecule has 1 unspecified atom stereocenters. The van der Waals surface area contributed by atoms with Crippen molar-refractivity contribution < 1.29 is 37.0 Å². The largest absolute Gasteiger partial charge is 0.452 e. The van der Waals surface area contributed by atoms with E-state index < -0.39 is 42.8 Å². The molecule has 0 bridgehead atoms. The Balaban J connectivity index is 1.80. The summed E-state index contributed by atoms with van der Waals surface area (Å²) in [4.78, 5) is 37.2. The molecular weight excluding hydrogens is 407 g/mol. The molecule has 1 aliphatic heterocycles. The Labute approximate surface area is 170 Å². The molecular formula is C19H20F3N3O5. The number of alkyl halides is 3. The number of amides is 2. The van der Waals surface area contributed by atoms with Crippen molar-refractivity contribution in [2.45, 2.75) is 32.0 Å². The first-order valence-corrected chi connectivity index (χ1v) is 9.09. The van der Waals surface area contributed by atoms with Gasteiger partial charge in [0, 0.05) is 13.1 Å². The van der Waals surface area contributed by atoms with Crippen LogP contribution in [0, 0.1) is 17.2 Å². The SMILES string of the molecule is CC(OC(=O)C1CCN(C(=O)OCC(F)(F)F)CC1)C(=O)Nc1ccccc1C#N. The molecule has 8 nitrogen and oxygen atoms in total. The predicted molar refractivity (Wildman–Crippen MR) is 97.0 cm³/mol. The van der Waals surface area contributed by atoms with Crippen LogP contribution in [-0.2, 0) is 19.1 Å². The van der Waals surface area contributed by atoms with Crippen LogP contribution >= 0.6 is 0 Å². The van der Waals surface area contributed by atoms with E-state index in [0.29, 0.717) is 5.69 Å². The van der Waals surface area contributed by atoms with Crippen molar-refractivity contribution >= 4 is 23.7 Å². The van der Waals surface area contributed by atoms with Crippen molar-refractivity contribution in [1.29, 1.82) is 5.26 Å². The summed E-state index contributed by atoms with van der Waals surface area (Å²) in [5.41, 5.74) is 0.549. The zero-order chi connectivity index (χ0) is 22.3. The van der Waals surface area contributed by atoms with Gasteiger partial charge >= 0.3 is 18.2 Å². The molecule has 0 spiro atoms. The number of benzene rings is 1. The van der Waals surface area contributed by atoms with Gasteiger partial charge in [-0.2, -0.15) is 18.4 Å². The summed E-state index contributed by atoms with van der Waals surface area (Å²) >= 11 is 0. The number of piperidine rings is 1. The third kappa shape index (κ3) is 6.65. The second kappa shape index (κ2) is 9.96. The number of halogens is 3. The average Bonchev–Trinajstić information content (AvgIpc) is 2.71. The molecule has 1 saturated heterocycles. The smallest absolute Gasteiger partial charge is 0.422 e. The first-order valence-electron chi connectivity index (χ1n) is 9.09. The number of carbonyl (C=O) groups excluding carboxylic acids is 3. The third-order valence-corrected chi connectivity index (χ3v) is 4.41. The minimum Gasteiger partial charge on any atom is -0.452 e. The quantitative estimate of drug-likeness (QED) is 0.724. The van der Waals surface area contributed by atoms with Crippen molar-refractivity contribution in [3.05, 3.63) is 29.8 Å². The number of hydrogen-bond acceptors (Lipinski definition) is 6. The number of nitriles is 1. The predicted octanol–water partition coefficient (Wildman–Crippen LogP) is 2.84. The number of anilines is 1. The molecule has 162 valence electrons. The van der Waals surface area contributed by atoms with E-state index in [2.05, 4.69) is 10.1 Å². The highest BCUT2D eigenvalue weighted by Crippen LogP contribution is 2.22. The summed E-state index contributed by atoms with van der Waals surface area (Å²) in [5.74, 6) is -1.85. The topological polar surface area (TPSA) is 109 Å². The summed E-state index contributed by atoms with van der Waals surface area (Å²) < 4.78 is 45.7. The number of para-hydroxylation sites is 1. The maximum absolute atomic E-state index is 12.3. The van der Waals surface area contributed by atoms with Gasteiger partial charge in [0.05, 0.1) is 17.2 Å². The zero-order valence-corrected chi connectivity index (χ0v) is 16.1. The van der Waals surface area contributed by atoms with Crippen molar-refractivity contribution in [2.24, 2.45) is 5.92 Å². The first kappa shape index (κ1) is 23.0.